The first kappa shape index (κ1) is 13.3. The Morgan fingerprint density at radius 1 is 1.35 bits per heavy atom. The van der Waals surface area contributed by atoms with Crippen LogP contribution in [0.5, 0.6) is 11.5 Å². The molecule has 1 N–H and O–H groups in total. The van der Waals surface area contributed by atoms with E-state index in [0.29, 0.717) is 17.1 Å². The van der Waals surface area contributed by atoms with E-state index >= 15 is 0 Å². The molecule has 0 aromatic heterocycles. The number of hydrogen-bond acceptors (Lipinski definition) is 5. The summed E-state index contributed by atoms with van der Waals surface area (Å²) in [5.41, 5.74) is 0.383. The fourth-order valence-corrected chi connectivity index (χ4v) is 1.24. The molecular formula is C12H16O5. The second kappa shape index (κ2) is 6.10. The minimum Gasteiger partial charge on any atom is -0.493 e. The summed E-state index contributed by atoms with van der Waals surface area (Å²) in [6.45, 7) is 1.78. The van der Waals surface area contributed by atoms with E-state index in [0.717, 1.165) is 0 Å². The lowest BCUT2D eigenvalue weighted by atomic mass is 10.2. The van der Waals surface area contributed by atoms with Crippen molar-refractivity contribution in [3.05, 3.63) is 23.8 Å². The highest BCUT2D eigenvalue weighted by atomic mass is 16.5. The van der Waals surface area contributed by atoms with E-state index in [1.54, 1.807) is 19.1 Å². The van der Waals surface area contributed by atoms with E-state index in [9.17, 15) is 4.79 Å². The van der Waals surface area contributed by atoms with Crippen molar-refractivity contribution in [3.63, 3.8) is 0 Å². The highest BCUT2D eigenvalue weighted by Crippen LogP contribution is 2.28. The number of rotatable bonds is 5. The summed E-state index contributed by atoms with van der Waals surface area (Å²) in [4.78, 5) is 11.3. The van der Waals surface area contributed by atoms with Crippen LogP contribution in [0, 0.1) is 0 Å². The Kier molecular flexibility index (Phi) is 4.78. The molecule has 0 heterocycles. The SMILES string of the molecule is COC(=O)c1ccc(OCC(C)O)c(OC)c1. The molecule has 1 unspecified atom stereocenters. The van der Waals surface area contributed by atoms with Gasteiger partial charge in [0.15, 0.2) is 11.5 Å². The van der Waals surface area contributed by atoms with Crippen molar-refractivity contribution in [2.75, 3.05) is 20.8 Å². The summed E-state index contributed by atoms with van der Waals surface area (Å²) in [5.74, 6) is 0.458. The fraction of sp³-hybridized carbons (Fsp3) is 0.417. The Morgan fingerprint density at radius 2 is 2.06 bits per heavy atom. The first-order chi connectivity index (χ1) is 8.08. The molecule has 0 amide bonds. The normalized spacial score (nSPS) is 11.8. The quantitative estimate of drug-likeness (QED) is 0.784. The zero-order chi connectivity index (χ0) is 12.8. The molecule has 0 radical (unpaired) electrons. The third kappa shape index (κ3) is 3.64. The van der Waals surface area contributed by atoms with E-state index in [2.05, 4.69) is 4.74 Å². The predicted octanol–water partition coefficient (Wildman–Crippen LogP) is 1.24. The molecule has 0 aliphatic heterocycles. The number of esters is 1. The highest BCUT2D eigenvalue weighted by Gasteiger charge is 2.11. The van der Waals surface area contributed by atoms with Gasteiger partial charge in [0.1, 0.15) is 6.61 Å². The van der Waals surface area contributed by atoms with E-state index in [1.165, 1.54) is 20.3 Å². The smallest absolute Gasteiger partial charge is 0.337 e. The molecule has 94 valence electrons. The van der Waals surface area contributed by atoms with Crippen LogP contribution in [-0.4, -0.2) is 38.0 Å². The van der Waals surface area contributed by atoms with Gasteiger partial charge in [-0.05, 0) is 25.1 Å². The summed E-state index contributed by atoms with van der Waals surface area (Å²) in [6.07, 6.45) is -0.569. The van der Waals surface area contributed by atoms with Gasteiger partial charge in [-0.25, -0.2) is 4.79 Å². The van der Waals surface area contributed by atoms with Gasteiger partial charge in [0.05, 0.1) is 25.9 Å². The average Bonchev–Trinajstić information content (AvgIpc) is 2.34. The number of carbonyl (C=O) groups excluding carboxylic acids is 1. The van der Waals surface area contributed by atoms with Gasteiger partial charge in [0.25, 0.3) is 0 Å². The van der Waals surface area contributed by atoms with Crippen LogP contribution in [0.1, 0.15) is 17.3 Å². The molecule has 0 saturated carbocycles. The first-order valence-electron chi connectivity index (χ1n) is 5.15. The molecule has 1 atom stereocenters. The van der Waals surface area contributed by atoms with Crippen molar-refractivity contribution in [1.82, 2.24) is 0 Å². The highest BCUT2D eigenvalue weighted by molar-refractivity contribution is 5.90. The van der Waals surface area contributed by atoms with Crippen LogP contribution in [-0.2, 0) is 4.74 Å². The van der Waals surface area contributed by atoms with E-state index in [-0.39, 0.29) is 6.61 Å². The Hall–Kier alpha value is -1.75. The number of hydrogen-bond donors (Lipinski definition) is 1. The van der Waals surface area contributed by atoms with E-state index < -0.39 is 12.1 Å². The van der Waals surface area contributed by atoms with Crippen LogP contribution >= 0.6 is 0 Å². The topological polar surface area (TPSA) is 65.0 Å². The lowest BCUT2D eigenvalue weighted by molar-refractivity contribution is 0.0600. The molecule has 1 aromatic carbocycles. The maximum atomic E-state index is 11.3. The summed E-state index contributed by atoms with van der Waals surface area (Å²) < 4.78 is 15.0. The molecule has 0 spiro atoms. The summed E-state index contributed by atoms with van der Waals surface area (Å²) in [6, 6.07) is 4.71. The number of carbonyl (C=O) groups is 1. The maximum absolute atomic E-state index is 11.3. The summed E-state index contributed by atoms with van der Waals surface area (Å²) >= 11 is 0. The number of methoxy groups -OCH3 is 2. The second-order valence-electron chi connectivity index (χ2n) is 3.52. The molecule has 5 heteroatoms. The van der Waals surface area contributed by atoms with Crippen LogP contribution in [0.2, 0.25) is 0 Å². The molecule has 1 aromatic rings. The Labute approximate surface area is 99.9 Å². The second-order valence-corrected chi connectivity index (χ2v) is 3.52. The molecule has 0 aliphatic rings. The average molecular weight is 240 g/mol. The van der Waals surface area contributed by atoms with Crippen molar-refractivity contribution in [3.8, 4) is 11.5 Å². The molecule has 17 heavy (non-hydrogen) atoms. The van der Waals surface area contributed by atoms with Gasteiger partial charge in [-0.3, -0.25) is 0 Å². The van der Waals surface area contributed by atoms with Gasteiger partial charge >= 0.3 is 5.97 Å². The predicted molar refractivity (Wildman–Crippen MR) is 61.5 cm³/mol. The van der Waals surface area contributed by atoms with Crippen LogP contribution in [0.3, 0.4) is 0 Å². The third-order valence-corrected chi connectivity index (χ3v) is 2.06. The molecule has 0 saturated heterocycles. The van der Waals surface area contributed by atoms with Gasteiger partial charge in [-0.2, -0.15) is 0 Å². The standard InChI is InChI=1S/C12H16O5/c1-8(13)7-17-10-5-4-9(12(14)16-3)6-11(10)15-2/h4-6,8,13H,7H2,1-3H3. The Bertz CT molecular complexity index is 386. The lowest BCUT2D eigenvalue weighted by Gasteiger charge is -2.12. The lowest BCUT2D eigenvalue weighted by Crippen LogP contribution is -2.13. The Balaban J connectivity index is 2.89. The van der Waals surface area contributed by atoms with Crippen molar-refractivity contribution in [2.24, 2.45) is 0 Å². The van der Waals surface area contributed by atoms with Gasteiger partial charge in [-0.15, -0.1) is 0 Å². The monoisotopic (exact) mass is 240 g/mol. The van der Waals surface area contributed by atoms with Crippen LogP contribution in [0.4, 0.5) is 0 Å². The number of ether oxygens (including phenoxy) is 3. The number of aliphatic hydroxyl groups is 1. The minimum absolute atomic E-state index is 0.161. The molecule has 1 rings (SSSR count). The summed E-state index contributed by atoms with van der Waals surface area (Å²) in [5, 5.41) is 9.12. The van der Waals surface area contributed by atoms with Gasteiger partial charge in [0, 0.05) is 0 Å². The van der Waals surface area contributed by atoms with E-state index in [1.807, 2.05) is 0 Å². The summed E-state index contributed by atoms with van der Waals surface area (Å²) in [7, 11) is 2.79. The van der Waals surface area contributed by atoms with Crippen molar-refractivity contribution >= 4 is 5.97 Å². The number of aliphatic hydroxyl groups excluding tert-OH is 1. The Morgan fingerprint density at radius 3 is 2.59 bits per heavy atom. The zero-order valence-corrected chi connectivity index (χ0v) is 10.1. The maximum Gasteiger partial charge on any atom is 0.337 e. The number of benzene rings is 1. The van der Waals surface area contributed by atoms with Crippen molar-refractivity contribution in [1.29, 1.82) is 0 Å². The molecule has 5 nitrogen and oxygen atoms in total. The van der Waals surface area contributed by atoms with E-state index in [4.69, 9.17) is 14.6 Å². The van der Waals surface area contributed by atoms with Crippen LogP contribution in [0.25, 0.3) is 0 Å². The third-order valence-electron chi connectivity index (χ3n) is 2.06. The van der Waals surface area contributed by atoms with Crippen molar-refractivity contribution < 1.29 is 24.1 Å². The van der Waals surface area contributed by atoms with Gasteiger partial charge in [-0.1, -0.05) is 0 Å². The van der Waals surface area contributed by atoms with Crippen LogP contribution < -0.4 is 9.47 Å². The first-order valence-corrected chi connectivity index (χ1v) is 5.15. The molecule has 0 aliphatic carbocycles. The van der Waals surface area contributed by atoms with Crippen LogP contribution in [0.15, 0.2) is 18.2 Å². The zero-order valence-electron chi connectivity index (χ0n) is 10.1. The van der Waals surface area contributed by atoms with Crippen molar-refractivity contribution in [2.45, 2.75) is 13.0 Å². The fourth-order valence-electron chi connectivity index (χ4n) is 1.24. The largest absolute Gasteiger partial charge is 0.493 e. The minimum atomic E-state index is -0.569. The molecule has 0 bridgehead atoms. The molecule has 0 fully saturated rings. The van der Waals surface area contributed by atoms with Gasteiger partial charge < -0.3 is 19.3 Å². The molecular weight excluding hydrogens is 224 g/mol. The van der Waals surface area contributed by atoms with Gasteiger partial charge in [0.2, 0.25) is 0 Å².